The Hall–Kier alpha value is -2.70. The van der Waals surface area contributed by atoms with E-state index in [0.29, 0.717) is 25.7 Å². The number of carboxylic acids is 2. The molecule has 46 heavy (non-hydrogen) atoms. The van der Waals surface area contributed by atoms with Gasteiger partial charge in [-0.05, 0) is 80.7 Å². The number of benzene rings is 2. The summed E-state index contributed by atoms with van der Waals surface area (Å²) in [6.45, 7) is 25.5. The second-order valence-corrected chi connectivity index (χ2v) is 17.8. The fraction of sp³-hybridized carbons (Fsp3) is 0.650. The number of rotatable bonds is 13. The zero-order valence-corrected chi connectivity index (χ0v) is 30.7. The molecular weight excluding hydrogens is 576 g/mol. The molecule has 0 spiro atoms. The van der Waals surface area contributed by atoms with E-state index in [0.717, 1.165) is 33.4 Å². The standard InChI is InChI=1S/C40H62O6/c1-35(2,3)29-19-27(20-30(23-29)36(4,5)6)25-39(45,33(41)42)17-15-13-14-16-18-40(46,34(43)44)26-28-21-31(37(7,8)9)24-32(22-28)38(10,11)12/h19-24,45-46H,13-18,25-26H2,1-12H3,(H,41,42)(H,43,44). The number of hydrogen-bond acceptors (Lipinski definition) is 4. The van der Waals surface area contributed by atoms with Gasteiger partial charge in [0.15, 0.2) is 11.2 Å². The van der Waals surface area contributed by atoms with E-state index >= 15 is 0 Å². The van der Waals surface area contributed by atoms with Gasteiger partial charge >= 0.3 is 11.9 Å². The zero-order chi connectivity index (χ0) is 35.5. The first kappa shape index (κ1) is 39.5. The number of aliphatic hydroxyl groups is 2. The van der Waals surface area contributed by atoms with Crippen LogP contribution < -0.4 is 0 Å². The summed E-state index contributed by atoms with van der Waals surface area (Å²) in [4.78, 5) is 24.6. The van der Waals surface area contributed by atoms with E-state index in [1.54, 1.807) is 0 Å². The molecule has 4 N–H and O–H groups in total. The van der Waals surface area contributed by atoms with E-state index in [2.05, 4.69) is 95.2 Å². The lowest BCUT2D eigenvalue weighted by Crippen LogP contribution is -2.41. The van der Waals surface area contributed by atoms with Crippen LogP contribution in [0.4, 0.5) is 0 Å². The molecule has 0 bridgehead atoms. The van der Waals surface area contributed by atoms with Crippen LogP contribution in [0.1, 0.15) is 155 Å². The second-order valence-electron chi connectivity index (χ2n) is 17.8. The van der Waals surface area contributed by atoms with Gasteiger partial charge in [-0.2, -0.15) is 0 Å². The second kappa shape index (κ2) is 14.2. The third kappa shape index (κ3) is 10.9. The molecule has 6 nitrogen and oxygen atoms in total. The van der Waals surface area contributed by atoms with Crippen molar-refractivity contribution in [3.8, 4) is 0 Å². The third-order valence-electron chi connectivity index (χ3n) is 9.17. The first-order valence-electron chi connectivity index (χ1n) is 16.9. The fourth-order valence-corrected chi connectivity index (χ4v) is 5.73. The lowest BCUT2D eigenvalue weighted by Gasteiger charge is -2.29. The van der Waals surface area contributed by atoms with Gasteiger partial charge < -0.3 is 20.4 Å². The fourth-order valence-electron chi connectivity index (χ4n) is 5.73. The van der Waals surface area contributed by atoms with Crippen LogP contribution in [0, 0.1) is 0 Å². The van der Waals surface area contributed by atoms with Crippen molar-refractivity contribution in [2.75, 3.05) is 0 Å². The molecule has 2 rings (SSSR count). The van der Waals surface area contributed by atoms with Gasteiger partial charge in [-0.15, -0.1) is 0 Å². The van der Waals surface area contributed by atoms with E-state index in [-0.39, 0.29) is 47.3 Å². The van der Waals surface area contributed by atoms with Crippen molar-refractivity contribution < 1.29 is 30.0 Å². The van der Waals surface area contributed by atoms with Crippen molar-refractivity contribution >= 4 is 11.9 Å². The SMILES string of the molecule is CC(C)(C)c1cc(CC(O)(CCCCCCC(O)(Cc2cc(C(C)(C)C)cc(C(C)(C)C)c2)C(=O)O)C(=O)O)cc(C(C)(C)C)c1. The summed E-state index contributed by atoms with van der Waals surface area (Å²) >= 11 is 0. The van der Waals surface area contributed by atoms with Crippen LogP contribution in [0.2, 0.25) is 0 Å². The Morgan fingerprint density at radius 2 is 0.696 bits per heavy atom. The number of unbranched alkanes of at least 4 members (excludes halogenated alkanes) is 3. The van der Waals surface area contributed by atoms with Gasteiger partial charge in [-0.3, -0.25) is 0 Å². The first-order valence-corrected chi connectivity index (χ1v) is 16.9. The molecule has 258 valence electrons. The highest BCUT2D eigenvalue weighted by Crippen LogP contribution is 2.34. The summed E-state index contributed by atoms with van der Waals surface area (Å²) in [5.74, 6) is -2.48. The number of carboxylic acid groups (broad SMARTS) is 2. The van der Waals surface area contributed by atoms with E-state index in [1.807, 2.05) is 24.3 Å². The van der Waals surface area contributed by atoms with Gasteiger partial charge in [0.1, 0.15) is 0 Å². The molecule has 0 radical (unpaired) electrons. The maximum atomic E-state index is 12.3. The van der Waals surface area contributed by atoms with Gasteiger partial charge in [0, 0.05) is 12.8 Å². The van der Waals surface area contributed by atoms with Crippen LogP contribution in [0.3, 0.4) is 0 Å². The highest BCUT2D eigenvalue weighted by Gasteiger charge is 2.38. The van der Waals surface area contributed by atoms with Gasteiger partial charge in [0.2, 0.25) is 0 Å². The molecule has 0 aliphatic rings. The summed E-state index contributed by atoms with van der Waals surface area (Å²) < 4.78 is 0. The Morgan fingerprint density at radius 1 is 0.457 bits per heavy atom. The summed E-state index contributed by atoms with van der Waals surface area (Å²) in [6, 6.07) is 12.4. The summed E-state index contributed by atoms with van der Waals surface area (Å²) in [5.41, 5.74) is 1.71. The Kier molecular flexibility index (Phi) is 12.2. The minimum Gasteiger partial charge on any atom is -0.479 e. The Labute approximate surface area is 278 Å². The van der Waals surface area contributed by atoms with Crippen LogP contribution in [0.25, 0.3) is 0 Å². The topological polar surface area (TPSA) is 115 Å². The number of carbonyl (C=O) groups is 2. The highest BCUT2D eigenvalue weighted by molar-refractivity contribution is 5.78. The Morgan fingerprint density at radius 3 is 0.891 bits per heavy atom. The van der Waals surface area contributed by atoms with Gasteiger partial charge in [-0.25, -0.2) is 9.59 Å². The number of aliphatic carboxylic acids is 2. The average Bonchev–Trinajstić information content (AvgIpc) is 2.88. The molecule has 0 amide bonds. The Bertz CT molecular complexity index is 1190. The van der Waals surface area contributed by atoms with Crippen molar-refractivity contribution in [3.63, 3.8) is 0 Å². The Balaban J connectivity index is 2.11. The molecule has 0 aliphatic heterocycles. The quantitative estimate of drug-likeness (QED) is 0.163. The number of hydrogen-bond donors (Lipinski definition) is 4. The van der Waals surface area contributed by atoms with E-state index < -0.39 is 23.1 Å². The predicted octanol–water partition coefficient (Wildman–Crippen LogP) is 8.63. The average molecular weight is 639 g/mol. The summed E-state index contributed by atoms with van der Waals surface area (Å²) in [7, 11) is 0. The van der Waals surface area contributed by atoms with Crippen molar-refractivity contribution in [2.45, 2.75) is 167 Å². The van der Waals surface area contributed by atoms with Crippen molar-refractivity contribution in [1.82, 2.24) is 0 Å². The summed E-state index contributed by atoms with van der Waals surface area (Å²) in [6.07, 6.45) is 2.39. The van der Waals surface area contributed by atoms with Crippen LogP contribution >= 0.6 is 0 Å². The van der Waals surface area contributed by atoms with Crippen LogP contribution in [-0.2, 0) is 44.1 Å². The minimum atomic E-state index is -1.91. The molecule has 2 atom stereocenters. The van der Waals surface area contributed by atoms with Crippen molar-refractivity contribution in [3.05, 3.63) is 69.8 Å². The van der Waals surface area contributed by atoms with Gasteiger partial charge in [0.05, 0.1) is 0 Å². The van der Waals surface area contributed by atoms with Crippen LogP contribution in [0.5, 0.6) is 0 Å². The highest BCUT2D eigenvalue weighted by atomic mass is 16.4. The molecule has 2 unspecified atom stereocenters. The minimum absolute atomic E-state index is 0.0122. The zero-order valence-electron chi connectivity index (χ0n) is 30.7. The van der Waals surface area contributed by atoms with E-state index in [4.69, 9.17) is 0 Å². The lowest BCUT2D eigenvalue weighted by atomic mass is 9.77. The normalized spacial score (nSPS) is 15.7. The molecular formula is C40H62O6. The molecule has 2 aromatic rings. The van der Waals surface area contributed by atoms with Crippen LogP contribution in [-0.4, -0.2) is 43.6 Å². The molecule has 2 aromatic carbocycles. The maximum Gasteiger partial charge on any atom is 0.336 e. The predicted molar refractivity (Wildman–Crippen MR) is 188 cm³/mol. The smallest absolute Gasteiger partial charge is 0.336 e. The van der Waals surface area contributed by atoms with E-state index in [1.165, 1.54) is 0 Å². The largest absolute Gasteiger partial charge is 0.479 e. The molecule has 6 heteroatoms. The monoisotopic (exact) mass is 638 g/mol. The molecule has 0 saturated heterocycles. The molecule has 0 aromatic heterocycles. The van der Waals surface area contributed by atoms with Gasteiger partial charge in [0.25, 0.3) is 0 Å². The molecule has 0 aliphatic carbocycles. The summed E-state index contributed by atoms with van der Waals surface area (Å²) in [5, 5.41) is 42.7. The molecule has 0 heterocycles. The van der Waals surface area contributed by atoms with E-state index in [9.17, 15) is 30.0 Å². The third-order valence-corrected chi connectivity index (χ3v) is 9.17. The lowest BCUT2D eigenvalue weighted by molar-refractivity contribution is -0.160. The first-order chi connectivity index (χ1) is 20.7. The van der Waals surface area contributed by atoms with Crippen LogP contribution in [0.15, 0.2) is 36.4 Å². The molecule has 0 fully saturated rings. The van der Waals surface area contributed by atoms with Crippen molar-refractivity contribution in [1.29, 1.82) is 0 Å². The van der Waals surface area contributed by atoms with Crippen molar-refractivity contribution in [2.24, 2.45) is 0 Å². The maximum absolute atomic E-state index is 12.3. The van der Waals surface area contributed by atoms with Gasteiger partial charge in [-0.1, -0.05) is 132 Å². The molecule has 0 saturated carbocycles.